The molecule has 0 saturated carbocycles. The predicted octanol–water partition coefficient (Wildman–Crippen LogP) is 4.61. The maximum Gasteiger partial charge on any atom is 0.433 e. The summed E-state index contributed by atoms with van der Waals surface area (Å²) in [6.45, 7) is 5.01. The molecule has 40 heavy (non-hydrogen) atoms. The molecule has 8 nitrogen and oxygen atoms in total. The third kappa shape index (κ3) is 5.26. The fourth-order valence-electron chi connectivity index (χ4n) is 5.27. The topological polar surface area (TPSA) is 83.2 Å². The van der Waals surface area contributed by atoms with Crippen LogP contribution in [0.2, 0.25) is 0 Å². The van der Waals surface area contributed by atoms with E-state index >= 15 is 0 Å². The van der Waals surface area contributed by atoms with Crippen LogP contribution in [-0.2, 0) is 6.18 Å². The number of rotatable bonds is 6. The summed E-state index contributed by atoms with van der Waals surface area (Å²) in [6.07, 6.45) is -4.23. The number of carbonyl (C=O) groups excluding carboxylic acids is 1. The minimum absolute atomic E-state index is 0.00452. The Kier molecular flexibility index (Phi) is 7.52. The highest BCUT2D eigenvalue weighted by Gasteiger charge is 2.39. The average Bonchev–Trinajstić information content (AvgIpc) is 3.35. The molecule has 5 rings (SSSR count). The highest BCUT2D eigenvalue weighted by Crippen LogP contribution is 2.37. The number of hydrogen-bond donors (Lipinski definition) is 1. The van der Waals surface area contributed by atoms with Crippen LogP contribution in [0.3, 0.4) is 0 Å². The zero-order valence-corrected chi connectivity index (χ0v) is 22.4. The van der Waals surface area contributed by atoms with E-state index in [4.69, 9.17) is 4.74 Å². The summed E-state index contributed by atoms with van der Waals surface area (Å²) in [5, 5.41) is 14.6. The number of amides is 1. The Bertz CT molecular complexity index is 1510. The van der Waals surface area contributed by atoms with Crippen LogP contribution in [0.25, 0.3) is 16.9 Å². The maximum atomic E-state index is 14.3. The number of piperazine rings is 1. The number of hydrogen-bond acceptors (Lipinski definition) is 6. The lowest BCUT2D eigenvalue weighted by molar-refractivity contribution is -0.143. The number of nitrogens with zero attached hydrogens (tertiary/aromatic N) is 5. The molecule has 0 radical (unpaired) electrons. The number of fused-ring (bicyclic) bond motifs is 1. The molecule has 11 heteroatoms. The van der Waals surface area contributed by atoms with Gasteiger partial charge in [0.1, 0.15) is 11.3 Å². The van der Waals surface area contributed by atoms with Crippen LogP contribution in [0.15, 0.2) is 60.8 Å². The number of methoxy groups -OCH3 is 1. The lowest BCUT2D eigenvalue weighted by atomic mass is 10.0. The molecule has 1 aliphatic heterocycles. The Morgan fingerprint density at radius 3 is 2.45 bits per heavy atom. The Hall–Kier alpha value is -3.96. The van der Waals surface area contributed by atoms with E-state index in [0.717, 1.165) is 11.8 Å². The van der Waals surface area contributed by atoms with Crippen LogP contribution < -0.4 is 4.74 Å². The normalized spacial score (nSPS) is 17.3. The first-order chi connectivity index (χ1) is 19.1. The Balaban J connectivity index is 1.44. The first-order valence-corrected chi connectivity index (χ1v) is 12.9. The molecular weight excluding hydrogens is 523 g/mol. The number of ether oxygens (including phenoxy) is 1. The van der Waals surface area contributed by atoms with E-state index < -0.39 is 23.9 Å². The summed E-state index contributed by atoms with van der Waals surface area (Å²) in [5.74, 6) is 0.124. The van der Waals surface area contributed by atoms with Crippen molar-refractivity contribution < 1.29 is 27.8 Å². The zero-order chi connectivity index (χ0) is 28.6. The van der Waals surface area contributed by atoms with E-state index in [1.54, 1.807) is 29.2 Å². The van der Waals surface area contributed by atoms with Crippen molar-refractivity contribution in [3.05, 3.63) is 83.2 Å². The minimum Gasteiger partial charge on any atom is -0.497 e. The number of carbonyl (C=O) groups is 1. The average molecular weight is 554 g/mol. The van der Waals surface area contributed by atoms with Crippen LogP contribution >= 0.6 is 0 Å². The number of aliphatic hydroxyl groups excluding tert-OH is 1. The Morgan fingerprint density at radius 2 is 1.82 bits per heavy atom. The van der Waals surface area contributed by atoms with Gasteiger partial charge >= 0.3 is 6.18 Å². The van der Waals surface area contributed by atoms with Crippen molar-refractivity contribution in [2.45, 2.75) is 32.2 Å². The Morgan fingerprint density at radius 1 is 1.12 bits per heavy atom. The SMILES string of the molecule is COc1ccc(-c2nc3c(C(=O)N4CCN(C[C@@H](O)c5ccccc5)C[C@H]4C)cnn3c(C(F)(F)F)c2C)cc1. The molecule has 2 aromatic carbocycles. The van der Waals surface area contributed by atoms with Crippen molar-refractivity contribution in [3.8, 4) is 17.0 Å². The molecule has 1 amide bonds. The van der Waals surface area contributed by atoms with Crippen LogP contribution in [-0.4, -0.2) is 74.7 Å². The second kappa shape index (κ2) is 10.9. The highest BCUT2D eigenvalue weighted by atomic mass is 19.4. The van der Waals surface area contributed by atoms with Gasteiger partial charge in [-0.3, -0.25) is 9.69 Å². The van der Waals surface area contributed by atoms with Crippen LogP contribution in [0, 0.1) is 6.92 Å². The number of β-amino-alcohol motifs (C(OH)–C–C–N with tert-alkyl or cyclic N) is 1. The number of halogens is 3. The third-order valence-electron chi connectivity index (χ3n) is 7.33. The van der Waals surface area contributed by atoms with Gasteiger partial charge < -0.3 is 14.7 Å². The van der Waals surface area contributed by atoms with Gasteiger partial charge in [-0.2, -0.15) is 18.3 Å². The van der Waals surface area contributed by atoms with Crippen LogP contribution in [0.5, 0.6) is 5.75 Å². The maximum absolute atomic E-state index is 14.3. The summed E-state index contributed by atoms with van der Waals surface area (Å²) >= 11 is 0. The molecule has 1 fully saturated rings. The van der Waals surface area contributed by atoms with Gasteiger partial charge in [0.2, 0.25) is 0 Å². The number of benzene rings is 2. The lowest BCUT2D eigenvalue weighted by Gasteiger charge is -2.40. The monoisotopic (exact) mass is 553 g/mol. The molecular formula is C29H30F3N5O3. The summed E-state index contributed by atoms with van der Waals surface area (Å²) in [6, 6.07) is 15.7. The van der Waals surface area contributed by atoms with E-state index in [2.05, 4.69) is 15.0 Å². The molecule has 2 atom stereocenters. The minimum atomic E-state index is -4.72. The quantitative estimate of drug-likeness (QED) is 0.376. The van der Waals surface area contributed by atoms with Gasteiger partial charge in [0.15, 0.2) is 11.3 Å². The molecule has 2 aromatic heterocycles. The van der Waals surface area contributed by atoms with Crippen molar-refractivity contribution in [2.24, 2.45) is 0 Å². The van der Waals surface area contributed by atoms with Gasteiger partial charge in [-0.05, 0) is 43.7 Å². The van der Waals surface area contributed by atoms with Crippen molar-refractivity contribution in [1.82, 2.24) is 24.4 Å². The second-order valence-corrected chi connectivity index (χ2v) is 9.99. The molecule has 1 aliphatic rings. The van der Waals surface area contributed by atoms with Gasteiger partial charge in [-0.1, -0.05) is 30.3 Å². The van der Waals surface area contributed by atoms with E-state index in [1.165, 1.54) is 14.0 Å². The summed E-state index contributed by atoms with van der Waals surface area (Å²) in [4.78, 5) is 21.9. The third-order valence-corrected chi connectivity index (χ3v) is 7.33. The summed E-state index contributed by atoms with van der Waals surface area (Å²) in [7, 11) is 1.50. The first-order valence-electron chi connectivity index (χ1n) is 12.9. The molecule has 0 aliphatic carbocycles. The predicted molar refractivity (Wildman–Crippen MR) is 143 cm³/mol. The second-order valence-electron chi connectivity index (χ2n) is 9.99. The molecule has 4 aromatic rings. The van der Waals surface area contributed by atoms with Crippen molar-refractivity contribution >= 4 is 11.6 Å². The van der Waals surface area contributed by atoms with E-state index in [0.29, 0.717) is 42.0 Å². The van der Waals surface area contributed by atoms with Gasteiger partial charge in [-0.15, -0.1) is 0 Å². The lowest BCUT2D eigenvalue weighted by Crippen LogP contribution is -2.54. The highest BCUT2D eigenvalue weighted by molar-refractivity contribution is 6.00. The fourth-order valence-corrected chi connectivity index (χ4v) is 5.27. The van der Waals surface area contributed by atoms with Crippen LogP contribution in [0.4, 0.5) is 13.2 Å². The van der Waals surface area contributed by atoms with Gasteiger partial charge in [-0.25, -0.2) is 9.50 Å². The molecule has 0 bridgehead atoms. The van der Waals surface area contributed by atoms with Gasteiger partial charge in [0.05, 0.1) is 25.1 Å². The summed E-state index contributed by atoms with van der Waals surface area (Å²) in [5.41, 5.74) is 0.179. The van der Waals surface area contributed by atoms with Crippen molar-refractivity contribution in [3.63, 3.8) is 0 Å². The number of aromatic nitrogens is 3. The largest absolute Gasteiger partial charge is 0.497 e. The summed E-state index contributed by atoms with van der Waals surface area (Å²) < 4.78 is 48.7. The van der Waals surface area contributed by atoms with E-state index in [-0.39, 0.29) is 28.5 Å². The smallest absolute Gasteiger partial charge is 0.433 e. The Labute approximate surface area is 229 Å². The zero-order valence-electron chi connectivity index (χ0n) is 22.4. The van der Waals surface area contributed by atoms with Gasteiger partial charge in [0, 0.05) is 43.3 Å². The standard InChI is InChI=1S/C29H30F3N5O3/c1-18-16-35(17-24(38)20-7-5-4-6-8-20)13-14-36(18)28(39)23-15-33-37-26(29(30,31)32)19(2)25(34-27(23)37)21-9-11-22(40-3)12-10-21/h4-12,15,18,24,38H,13-14,16-17H2,1-3H3/t18-,24-/m1/s1. The number of alkyl halides is 3. The molecule has 1 N–H and O–H groups in total. The van der Waals surface area contributed by atoms with E-state index in [1.807, 2.05) is 37.3 Å². The van der Waals surface area contributed by atoms with Crippen LogP contribution in [0.1, 0.15) is 40.2 Å². The molecule has 210 valence electrons. The van der Waals surface area contributed by atoms with Gasteiger partial charge in [0.25, 0.3) is 5.91 Å². The molecule has 1 saturated heterocycles. The molecule has 0 unspecified atom stereocenters. The number of aliphatic hydroxyl groups is 1. The fraction of sp³-hybridized carbons (Fsp3) is 0.345. The molecule has 3 heterocycles. The van der Waals surface area contributed by atoms with Crippen molar-refractivity contribution in [1.29, 1.82) is 0 Å². The molecule has 0 spiro atoms. The van der Waals surface area contributed by atoms with Crippen molar-refractivity contribution in [2.75, 3.05) is 33.3 Å². The first kappa shape index (κ1) is 27.6. The van der Waals surface area contributed by atoms with E-state index in [9.17, 15) is 23.1 Å².